The van der Waals surface area contributed by atoms with E-state index in [-0.39, 0.29) is 24.3 Å². The molecule has 0 spiro atoms. The summed E-state index contributed by atoms with van der Waals surface area (Å²) in [4.78, 5) is 30.2. The Kier molecular flexibility index (Phi) is 5.47. The molecule has 9 heteroatoms. The quantitative estimate of drug-likeness (QED) is 0.520. The van der Waals surface area contributed by atoms with Gasteiger partial charge in [-0.05, 0) is 60.4 Å². The van der Waals surface area contributed by atoms with Gasteiger partial charge < -0.3 is 29.7 Å². The zero-order valence-electron chi connectivity index (χ0n) is 19.9. The molecule has 1 amide bonds. The van der Waals surface area contributed by atoms with E-state index in [1.807, 2.05) is 30.3 Å². The lowest BCUT2D eigenvalue weighted by Crippen LogP contribution is -2.61. The first kappa shape index (κ1) is 23.2. The maximum Gasteiger partial charge on any atom is 0.352 e. The average Bonchev–Trinajstić information content (AvgIpc) is 3.21. The van der Waals surface area contributed by atoms with Gasteiger partial charge in [-0.15, -0.1) is 0 Å². The summed E-state index contributed by atoms with van der Waals surface area (Å²) >= 11 is 0. The number of aliphatic hydroxyl groups is 2. The predicted octanol–water partition coefficient (Wildman–Crippen LogP) is 2.95. The van der Waals surface area contributed by atoms with Crippen molar-refractivity contribution in [3.8, 4) is 11.5 Å². The number of carbonyl (C=O) groups excluding carboxylic acids is 1. The molecule has 6 rings (SSSR count). The van der Waals surface area contributed by atoms with Gasteiger partial charge in [-0.25, -0.2) is 9.79 Å². The zero-order chi connectivity index (χ0) is 25.8. The van der Waals surface area contributed by atoms with Crippen LogP contribution < -0.4 is 9.47 Å². The fourth-order valence-electron chi connectivity index (χ4n) is 5.25. The van der Waals surface area contributed by atoms with Crippen LogP contribution >= 0.6 is 0 Å². The summed E-state index contributed by atoms with van der Waals surface area (Å²) in [6.07, 6.45) is 3.81. The number of benzene rings is 2. The van der Waals surface area contributed by atoms with Gasteiger partial charge >= 0.3 is 5.97 Å². The average molecular weight is 501 g/mol. The minimum Gasteiger partial charge on any atom is -0.489 e. The molecule has 1 saturated heterocycles. The van der Waals surface area contributed by atoms with Crippen molar-refractivity contribution in [1.29, 1.82) is 0 Å². The molecule has 37 heavy (non-hydrogen) atoms. The Morgan fingerprint density at radius 1 is 1.24 bits per heavy atom. The van der Waals surface area contributed by atoms with Crippen molar-refractivity contribution in [2.75, 3.05) is 0 Å². The number of carbonyl (C=O) groups is 2. The van der Waals surface area contributed by atoms with Gasteiger partial charge in [0, 0.05) is 6.07 Å². The van der Waals surface area contributed by atoms with Gasteiger partial charge in [-0.2, -0.15) is 0 Å². The van der Waals surface area contributed by atoms with Crippen molar-refractivity contribution < 1.29 is 34.4 Å². The van der Waals surface area contributed by atoms with Crippen LogP contribution in [-0.4, -0.2) is 56.1 Å². The van der Waals surface area contributed by atoms with Gasteiger partial charge in [-0.3, -0.25) is 4.79 Å². The molecule has 4 atom stereocenters. The van der Waals surface area contributed by atoms with Crippen LogP contribution in [0.15, 0.2) is 77.1 Å². The highest BCUT2D eigenvalue weighted by Crippen LogP contribution is 2.47. The number of hydrogen-bond acceptors (Lipinski definition) is 7. The van der Waals surface area contributed by atoms with Crippen LogP contribution in [0, 0.1) is 5.92 Å². The number of amides is 1. The number of nitrogens with zero attached hydrogens (tertiary/aromatic N) is 2. The molecular formula is C28H24N2O7. The largest absolute Gasteiger partial charge is 0.489 e. The highest BCUT2D eigenvalue weighted by molar-refractivity contribution is 6.10. The van der Waals surface area contributed by atoms with Gasteiger partial charge in [0.25, 0.3) is 0 Å². The number of allylic oxidation sites excluding steroid dienone is 1. The molecule has 0 bridgehead atoms. The Labute approximate surface area is 212 Å². The molecule has 0 saturated carbocycles. The molecule has 188 valence electrons. The van der Waals surface area contributed by atoms with Crippen molar-refractivity contribution in [2.24, 2.45) is 10.9 Å². The lowest BCUT2D eigenvalue weighted by Gasteiger charge is -2.44. The SMILES string of the molecule is C[C@@H](O)[C@H]1C(=O)N2C(C(=O)O)=C(c3ccc(COc4ccc5c(c4)OC4=CC(O)C=CC4=N5)cc3)C[C@H]12. The number of rotatable bonds is 6. The number of aliphatic imine (C=N–C) groups is 1. The second kappa shape index (κ2) is 8.72. The Bertz CT molecular complexity index is 1430. The first-order chi connectivity index (χ1) is 17.8. The van der Waals surface area contributed by atoms with Crippen LogP contribution in [0.4, 0.5) is 5.69 Å². The van der Waals surface area contributed by atoms with Crippen LogP contribution in [0.1, 0.15) is 24.5 Å². The summed E-state index contributed by atoms with van der Waals surface area (Å²) < 4.78 is 11.8. The Balaban J connectivity index is 1.16. The van der Waals surface area contributed by atoms with E-state index in [9.17, 15) is 24.9 Å². The molecule has 3 heterocycles. The highest BCUT2D eigenvalue weighted by Gasteiger charge is 2.56. The van der Waals surface area contributed by atoms with Gasteiger partial charge in [0.2, 0.25) is 5.91 Å². The van der Waals surface area contributed by atoms with Crippen LogP contribution in [0.25, 0.3) is 5.57 Å². The van der Waals surface area contributed by atoms with E-state index in [0.29, 0.717) is 40.7 Å². The summed E-state index contributed by atoms with van der Waals surface area (Å²) in [5.74, 6) is -0.442. The first-order valence-corrected chi connectivity index (χ1v) is 12.0. The van der Waals surface area contributed by atoms with Crippen molar-refractivity contribution >= 4 is 28.8 Å². The number of carboxylic acid groups (broad SMARTS) is 1. The molecule has 4 aliphatic rings. The van der Waals surface area contributed by atoms with E-state index in [0.717, 1.165) is 11.1 Å². The zero-order valence-corrected chi connectivity index (χ0v) is 19.9. The number of fused-ring (bicyclic) bond motifs is 3. The summed E-state index contributed by atoms with van der Waals surface area (Å²) in [5.41, 5.74) is 3.51. The Morgan fingerprint density at radius 2 is 2.03 bits per heavy atom. The molecule has 3 N–H and O–H groups in total. The second-order valence-electron chi connectivity index (χ2n) is 9.47. The fraction of sp³-hybridized carbons (Fsp3) is 0.250. The van der Waals surface area contributed by atoms with E-state index < -0.39 is 24.1 Å². The molecule has 9 nitrogen and oxygen atoms in total. The first-order valence-electron chi connectivity index (χ1n) is 12.0. The molecule has 0 aromatic heterocycles. The third-order valence-corrected chi connectivity index (χ3v) is 7.06. The minimum atomic E-state index is -1.15. The topological polar surface area (TPSA) is 129 Å². The van der Waals surface area contributed by atoms with Crippen molar-refractivity contribution in [1.82, 2.24) is 4.90 Å². The molecular weight excluding hydrogens is 476 g/mol. The standard InChI is InChI=1S/C28H24N2O7/c1-14(31)25-22-12-19(26(28(34)35)30(22)27(25)33)16-4-2-15(3-5-16)13-36-18-7-9-21-24(11-18)37-23-10-17(32)6-8-20(23)29-21/h2-11,14,17,22,25,31-32H,12-13H2,1H3,(H,34,35)/t14-,17?,22-,25-/m1/s1. The lowest BCUT2D eigenvalue weighted by atomic mass is 9.82. The smallest absolute Gasteiger partial charge is 0.352 e. The van der Waals surface area contributed by atoms with Crippen molar-refractivity contribution in [2.45, 2.75) is 38.2 Å². The van der Waals surface area contributed by atoms with Crippen molar-refractivity contribution in [3.05, 3.63) is 83.3 Å². The number of aliphatic carboxylic acids is 1. The molecule has 1 aliphatic carbocycles. The number of aliphatic hydroxyl groups excluding tert-OH is 2. The number of hydrogen-bond donors (Lipinski definition) is 3. The number of β-lactam (4-membered cyclic amide) rings is 1. The van der Waals surface area contributed by atoms with E-state index in [4.69, 9.17) is 9.47 Å². The van der Waals surface area contributed by atoms with Gasteiger partial charge in [0.1, 0.15) is 29.5 Å². The molecule has 2 aromatic carbocycles. The monoisotopic (exact) mass is 500 g/mol. The number of carboxylic acids is 1. The summed E-state index contributed by atoms with van der Waals surface area (Å²) in [6, 6.07) is 12.4. The van der Waals surface area contributed by atoms with E-state index in [1.54, 1.807) is 37.3 Å². The van der Waals surface area contributed by atoms with Crippen LogP contribution in [0.2, 0.25) is 0 Å². The second-order valence-corrected chi connectivity index (χ2v) is 9.47. The molecule has 2 aromatic rings. The van der Waals surface area contributed by atoms with E-state index in [1.165, 1.54) is 4.90 Å². The number of ether oxygens (including phenoxy) is 2. The van der Waals surface area contributed by atoms with E-state index >= 15 is 0 Å². The highest BCUT2D eigenvalue weighted by atomic mass is 16.5. The third kappa shape index (κ3) is 3.92. The van der Waals surface area contributed by atoms with Gasteiger partial charge in [0.15, 0.2) is 11.5 Å². The van der Waals surface area contributed by atoms with Gasteiger partial charge in [0.05, 0.1) is 24.2 Å². The third-order valence-electron chi connectivity index (χ3n) is 7.06. The summed E-state index contributed by atoms with van der Waals surface area (Å²) in [6.45, 7) is 1.83. The lowest BCUT2D eigenvalue weighted by molar-refractivity contribution is -0.161. The minimum absolute atomic E-state index is 0.00753. The summed E-state index contributed by atoms with van der Waals surface area (Å²) in [5, 5.41) is 29.5. The van der Waals surface area contributed by atoms with Crippen LogP contribution in [0.5, 0.6) is 11.5 Å². The summed E-state index contributed by atoms with van der Waals surface area (Å²) in [7, 11) is 0. The fourth-order valence-corrected chi connectivity index (χ4v) is 5.25. The Morgan fingerprint density at radius 3 is 2.76 bits per heavy atom. The molecule has 3 aliphatic heterocycles. The normalized spacial score (nSPS) is 24.2. The van der Waals surface area contributed by atoms with E-state index in [2.05, 4.69) is 4.99 Å². The van der Waals surface area contributed by atoms with Crippen LogP contribution in [0.3, 0.4) is 0 Å². The Hall–Kier alpha value is -4.21. The maximum absolute atomic E-state index is 12.4. The van der Waals surface area contributed by atoms with Crippen LogP contribution in [-0.2, 0) is 16.2 Å². The molecule has 1 unspecified atom stereocenters. The van der Waals surface area contributed by atoms with Gasteiger partial charge in [-0.1, -0.05) is 24.3 Å². The maximum atomic E-state index is 12.4. The van der Waals surface area contributed by atoms with Crippen molar-refractivity contribution in [3.63, 3.8) is 0 Å². The predicted molar refractivity (Wildman–Crippen MR) is 133 cm³/mol. The molecule has 1 fully saturated rings. The molecule has 0 radical (unpaired) electrons.